The Morgan fingerprint density at radius 3 is 2.94 bits per heavy atom. The lowest BCUT2D eigenvalue weighted by Gasteiger charge is -2.10. The van der Waals surface area contributed by atoms with E-state index in [0.29, 0.717) is 6.04 Å². The second-order valence-corrected chi connectivity index (χ2v) is 4.37. The van der Waals surface area contributed by atoms with Gasteiger partial charge in [-0.1, -0.05) is 13.8 Å². The average molecular weight is 232 g/mol. The summed E-state index contributed by atoms with van der Waals surface area (Å²) >= 11 is 0. The van der Waals surface area contributed by atoms with Gasteiger partial charge in [-0.25, -0.2) is 9.67 Å². The molecule has 0 aromatic carbocycles. The monoisotopic (exact) mass is 232 g/mol. The van der Waals surface area contributed by atoms with E-state index in [1.54, 1.807) is 0 Å². The van der Waals surface area contributed by atoms with Crippen LogP contribution < -0.4 is 5.32 Å². The Morgan fingerprint density at radius 2 is 2.24 bits per heavy atom. The first-order valence-electron chi connectivity index (χ1n) is 6.34. The van der Waals surface area contributed by atoms with Gasteiger partial charge in [0.15, 0.2) is 5.65 Å². The third-order valence-corrected chi connectivity index (χ3v) is 3.07. The molecule has 92 valence electrons. The van der Waals surface area contributed by atoms with Crippen molar-refractivity contribution in [3.8, 4) is 0 Å². The maximum absolute atomic E-state index is 4.45. The summed E-state index contributed by atoms with van der Waals surface area (Å²) in [7, 11) is 0. The van der Waals surface area contributed by atoms with Crippen LogP contribution in [0.2, 0.25) is 0 Å². The lowest BCUT2D eigenvalue weighted by molar-refractivity contribution is 0.490. The molecule has 4 heteroatoms. The molecule has 1 atom stereocenters. The number of rotatable bonds is 5. The molecule has 17 heavy (non-hydrogen) atoms. The lowest BCUT2D eigenvalue weighted by atomic mass is 10.2. The SMILES string of the molecule is CCCNc1ccnc2c1cnn2C(C)CC. The van der Waals surface area contributed by atoms with Crippen LogP contribution in [0.25, 0.3) is 11.0 Å². The Labute approximate surface area is 102 Å². The van der Waals surface area contributed by atoms with E-state index in [-0.39, 0.29) is 0 Å². The van der Waals surface area contributed by atoms with Crippen LogP contribution in [-0.4, -0.2) is 21.3 Å². The second-order valence-electron chi connectivity index (χ2n) is 4.37. The van der Waals surface area contributed by atoms with Gasteiger partial charge in [0.1, 0.15) is 0 Å². The summed E-state index contributed by atoms with van der Waals surface area (Å²) in [6.45, 7) is 7.47. The number of nitrogens with zero attached hydrogens (tertiary/aromatic N) is 3. The van der Waals surface area contributed by atoms with Crippen LogP contribution in [0.1, 0.15) is 39.7 Å². The van der Waals surface area contributed by atoms with E-state index in [4.69, 9.17) is 0 Å². The molecule has 1 N–H and O–H groups in total. The Bertz CT molecular complexity index is 489. The van der Waals surface area contributed by atoms with E-state index >= 15 is 0 Å². The zero-order valence-electron chi connectivity index (χ0n) is 10.8. The summed E-state index contributed by atoms with van der Waals surface area (Å²) in [6.07, 6.45) is 5.93. The third-order valence-electron chi connectivity index (χ3n) is 3.07. The van der Waals surface area contributed by atoms with Crippen molar-refractivity contribution in [3.63, 3.8) is 0 Å². The van der Waals surface area contributed by atoms with Gasteiger partial charge in [0.25, 0.3) is 0 Å². The highest BCUT2D eigenvalue weighted by Crippen LogP contribution is 2.24. The smallest absolute Gasteiger partial charge is 0.160 e. The van der Waals surface area contributed by atoms with Gasteiger partial charge in [-0.3, -0.25) is 0 Å². The zero-order chi connectivity index (χ0) is 12.3. The minimum absolute atomic E-state index is 0.390. The van der Waals surface area contributed by atoms with Crippen LogP contribution in [0.5, 0.6) is 0 Å². The summed E-state index contributed by atoms with van der Waals surface area (Å²) < 4.78 is 2.01. The fourth-order valence-corrected chi connectivity index (χ4v) is 1.86. The molecule has 0 bridgehead atoms. The van der Waals surface area contributed by atoms with Crippen molar-refractivity contribution in [1.29, 1.82) is 0 Å². The minimum Gasteiger partial charge on any atom is -0.384 e. The highest BCUT2D eigenvalue weighted by Gasteiger charge is 2.11. The molecule has 0 saturated carbocycles. The second kappa shape index (κ2) is 5.17. The molecule has 2 heterocycles. The van der Waals surface area contributed by atoms with Crippen LogP contribution in [0.15, 0.2) is 18.5 Å². The predicted octanol–water partition coefficient (Wildman–Crippen LogP) is 3.22. The van der Waals surface area contributed by atoms with Gasteiger partial charge in [0, 0.05) is 18.4 Å². The maximum Gasteiger partial charge on any atom is 0.160 e. The molecule has 1 unspecified atom stereocenters. The van der Waals surface area contributed by atoms with Crippen LogP contribution in [0.3, 0.4) is 0 Å². The standard InChI is InChI=1S/C13H20N4/c1-4-7-14-12-6-8-15-13-11(12)9-16-17(13)10(3)5-2/h6,8-10H,4-5,7H2,1-3H3,(H,14,15). The topological polar surface area (TPSA) is 42.7 Å². The average Bonchev–Trinajstić information content (AvgIpc) is 2.79. The lowest BCUT2D eigenvalue weighted by Crippen LogP contribution is -2.06. The Morgan fingerprint density at radius 1 is 1.41 bits per heavy atom. The van der Waals surface area contributed by atoms with Gasteiger partial charge in [-0.2, -0.15) is 5.10 Å². The first-order valence-corrected chi connectivity index (χ1v) is 6.34. The van der Waals surface area contributed by atoms with Crippen molar-refractivity contribution >= 4 is 16.7 Å². The Balaban J connectivity index is 2.41. The van der Waals surface area contributed by atoms with Crippen molar-refractivity contribution in [2.45, 2.75) is 39.7 Å². The first kappa shape index (κ1) is 11.9. The fraction of sp³-hybridized carbons (Fsp3) is 0.538. The molecule has 0 aliphatic rings. The molecular formula is C13H20N4. The Hall–Kier alpha value is -1.58. The number of hydrogen-bond acceptors (Lipinski definition) is 3. The quantitative estimate of drug-likeness (QED) is 0.860. The zero-order valence-corrected chi connectivity index (χ0v) is 10.8. The summed E-state index contributed by atoms with van der Waals surface area (Å²) in [4.78, 5) is 4.44. The highest BCUT2D eigenvalue weighted by molar-refractivity contribution is 5.88. The summed E-state index contributed by atoms with van der Waals surface area (Å²) in [5.74, 6) is 0. The third kappa shape index (κ3) is 2.25. The van der Waals surface area contributed by atoms with E-state index in [0.717, 1.165) is 36.1 Å². The number of anilines is 1. The normalized spacial score (nSPS) is 12.9. The molecular weight excluding hydrogens is 212 g/mol. The van der Waals surface area contributed by atoms with E-state index in [2.05, 4.69) is 36.2 Å². The molecule has 0 saturated heterocycles. The van der Waals surface area contributed by atoms with E-state index < -0.39 is 0 Å². The fourth-order valence-electron chi connectivity index (χ4n) is 1.86. The molecule has 2 rings (SSSR count). The number of fused-ring (bicyclic) bond motifs is 1. The van der Waals surface area contributed by atoms with E-state index in [1.807, 2.05) is 23.1 Å². The van der Waals surface area contributed by atoms with Crippen LogP contribution in [-0.2, 0) is 0 Å². The molecule has 4 nitrogen and oxygen atoms in total. The molecule has 2 aromatic heterocycles. The van der Waals surface area contributed by atoms with Gasteiger partial charge in [0.05, 0.1) is 17.6 Å². The van der Waals surface area contributed by atoms with Gasteiger partial charge >= 0.3 is 0 Å². The molecule has 0 aliphatic carbocycles. The number of nitrogens with one attached hydrogen (secondary N) is 1. The van der Waals surface area contributed by atoms with Crippen LogP contribution >= 0.6 is 0 Å². The summed E-state index contributed by atoms with van der Waals surface area (Å²) in [6, 6.07) is 2.40. The molecule has 0 fully saturated rings. The van der Waals surface area contributed by atoms with Crippen LogP contribution in [0, 0.1) is 0 Å². The van der Waals surface area contributed by atoms with Gasteiger partial charge in [0.2, 0.25) is 0 Å². The van der Waals surface area contributed by atoms with Gasteiger partial charge in [-0.15, -0.1) is 0 Å². The number of aromatic nitrogens is 3. The summed E-state index contributed by atoms with van der Waals surface area (Å²) in [5, 5.41) is 8.98. The maximum atomic E-state index is 4.45. The highest BCUT2D eigenvalue weighted by atomic mass is 15.3. The molecule has 0 spiro atoms. The molecule has 2 aromatic rings. The molecule has 0 aliphatic heterocycles. The van der Waals surface area contributed by atoms with Crippen molar-refractivity contribution in [1.82, 2.24) is 14.8 Å². The van der Waals surface area contributed by atoms with Crippen LogP contribution in [0.4, 0.5) is 5.69 Å². The van der Waals surface area contributed by atoms with Gasteiger partial charge in [-0.05, 0) is 25.8 Å². The summed E-state index contributed by atoms with van der Waals surface area (Å²) in [5.41, 5.74) is 2.10. The van der Waals surface area contributed by atoms with Crippen molar-refractivity contribution < 1.29 is 0 Å². The van der Waals surface area contributed by atoms with Crippen molar-refractivity contribution in [3.05, 3.63) is 18.5 Å². The molecule has 0 amide bonds. The predicted molar refractivity (Wildman–Crippen MR) is 71.3 cm³/mol. The van der Waals surface area contributed by atoms with Crippen molar-refractivity contribution in [2.75, 3.05) is 11.9 Å². The van der Waals surface area contributed by atoms with Gasteiger partial charge < -0.3 is 5.32 Å². The van der Waals surface area contributed by atoms with Crippen molar-refractivity contribution in [2.24, 2.45) is 0 Å². The van der Waals surface area contributed by atoms with E-state index in [9.17, 15) is 0 Å². The number of hydrogen-bond donors (Lipinski definition) is 1. The largest absolute Gasteiger partial charge is 0.384 e. The first-order chi connectivity index (χ1) is 8.27. The van der Waals surface area contributed by atoms with E-state index in [1.165, 1.54) is 0 Å². The number of pyridine rings is 1. The molecule has 0 radical (unpaired) electrons. The minimum atomic E-state index is 0.390. The Kier molecular flexibility index (Phi) is 3.61.